The molecule has 1 amide bonds. The predicted octanol–water partition coefficient (Wildman–Crippen LogP) is 0.446. The molecule has 1 atom stereocenters. The summed E-state index contributed by atoms with van der Waals surface area (Å²) in [5.41, 5.74) is 0. The Balaban J connectivity index is 2.50. The van der Waals surface area contributed by atoms with Crippen LogP contribution in [0.25, 0.3) is 0 Å². The van der Waals surface area contributed by atoms with Gasteiger partial charge in [0.15, 0.2) is 0 Å². The summed E-state index contributed by atoms with van der Waals surface area (Å²) in [6.07, 6.45) is -0.688. The Kier molecular flexibility index (Phi) is 3.77. The van der Waals surface area contributed by atoms with Gasteiger partial charge in [0.05, 0.1) is 24.3 Å². The zero-order valence-electron chi connectivity index (χ0n) is 6.20. The van der Waals surface area contributed by atoms with Gasteiger partial charge >= 0.3 is 0 Å². The van der Waals surface area contributed by atoms with E-state index in [4.69, 9.17) is 28.9 Å². The summed E-state index contributed by atoms with van der Waals surface area (Å²) in [6, 6.07) is 0. The Morgan fingerprint density at radius 1 is 1.83 bits per heavy atom. The molecule has 0 saturated carbocycles. The van der Waals surface area contributed by atoms with Crippen LogP contribution in [-0.2, 0) is 4.79 Å². The number of carbonyl (C=O) groups excluding carboxylic acids is 1. The van der Waals surface area contributed by atoms with Crippen LogP contribution in [0.2, 0.25) is 0 Å². The zero-order chi connectivity index (χ0) is 9.14. The number of aliphatic hydroxyl groups is 1. The van der Waals surface area contributed by atoms with Crippen molar-refractivity contribution >= 4 is 45.8 Å². The van der Waals surface area contributed by atoms with Crippen LogP contribution >= 0.6 is 35.6 Å². The van der Waals surface area contributed by atoms with Crippen molar-refractivity contribution in [2.24, 2.45) is 0 Å². The number of alkyl halides is 1. The van der Waals surface area contributed by atoms with E-state index in [9.17, 15) is 4.79 Å². The number of thioether (sulfide) groups is 1. The molecule has 1 N–H and O–H groups in total. The number of nitrogens with zero attached hydrogens (tertiary/aromatic N) is 1. The lowest BCUT2D eigenvalue weighted by Crippen LogP contribution is -2.36. The van der Waals surface area contributed by atoms with E-state index in [-0.39, 0.29) is 18.3 Å². The fraction of sp³-hybridized carbons (Fsp3) is 0.667. The molecule has 1 saturated heterocycles. The fourth-order valence-corrected chi connectivity index (χ4v) is 2.00. The Morgan fingerprint density at radius 2 is 2.50 bits per heavy atom. The maximum absolute atomic E-state index is 11.1. The average molecular weight is 226 g/mol. The molecule has 1 fully saturated rings. The van der Waals surface area contributed by atoms with Crippen LogP contribution < -0.4 is 0 Å². The van der Waals surface area contributed by atoms with Crippen molar-refractivity contribution in [3.05, 3.63) is 0 Å². The normalized spacial score (nSPS) is 20.3. The minimum atomic E-state index is -0.688. The van der Waals surface area contributed by atoms with Gasteiger partial charge in [-0.1, -0.05) is 24.0 Å². The van der Waals surface area contributed by atoms with Gasteiger partial charge in [0.25, 0.3) is 0 Å². The molecule has 0 unspecified atom stereocenters. The van der Waals surface area contributed by atoms with Crippen LogP contribution in [0.15, 0.2) is 0 Å². The van der Waals surface area contributed by atoms with Crippen molar-refractivity contribution in [3.8, 4) is 0 Å². The number of hydrogen-bond acceptors (Lipinski definition) is 4. The smallest absolute Gasteiger partial charge is 0.238 e. The Morgan fingerprint density at radius 3 is 2.92 bits per heavy atom. The number of β-amino-alcohol motifs (C(OH)–C–C–N with tert-alkyl or cyclic N) is 1. The third kappa shape index (κ3) is 2.32. The molecule has 1 aliphatic heterocycles. The minimum Gasteiger partial charge on any atom is -0.390 e. The number of rotatable bonds is 3. The summed E-state index contributed by atoms with van der Waals surface area (Å²) in [4.78, 5) is 12.5. The van der Waals surface area contributed by atoms with Crippen LogP contribution in [-0.4, -0.2) is 44.5 Å². The fourth-order valence-electron chi connectivity index (χ4n) is 0.817. The highest BCUT2D eigenvalue weighted by atomic mass is 35.5. The largest absolute Gasteiger partial charge is 0.390 e. The van der Waals surface area contributed by atoms with Crippen LogP contribution in [0.4, 0.5) is 0 Å². The molecule has 68 valence electrons. The van der Waals surface area contributed by atoms with Gasteiger partial charge in [-0.25, -0.2) is 0 Å². The molecule has 0 bridgehead atoms. The first-order chi connectivity index (χ1) is 5.65. The Hall–Kier alpha value is 0.160. The topological polar surface area (TPSA) is 40.5 Å². The van der Waals surface area contributed by atoms with Crippen LogP contribution in [0, 0.1) is 0 Å². The number of amides is 1. The van der Waals surface area contributed by atoms with E-state index in [1.807, 2.05) is 0 Å². The first-order valence-corrected chi connectivity index (χ1v) is 5.29. The molecule has 0 aromatic heterocycles. The molecule has 1 rings (SSSR count). The lowest BCUT2D eigenvalue weighted by Gasteiger charge is -2.17. The second kappa shape index (κ2) is 4.41. The molecule has 0 aromatic carbocycles. The summed E-state index contributed by atoms with van der Waals surface area (Å²) in [5.74, 6) is 0.458. The zero-order valence-corrected chi connectivity index (χ0v) is 8.58. The van der Waals surface area contributed by atoms with Gasteiger partial charge in [-0.2, -0.15) is 0 Å². The highest BCUT2D eigenvalue weighted by molar-refractivity contribution is 8.23. The molecular formula is C6H8ClNO2S2. The first kappa shape index (κ1) is 10.2. The lowest BCUT2D eigenvalue weighted by atomic mass is 10.4. The van der Waals surface area contributed by atoms with Crippen molar-refractivity contribution in [3.63, 3.8) is 0 Å². The number of thiocarbonyl (C=S) groups is 1. The van der Waals surface area contributed by atoms with Crippen LogP contribution in [0.3, 0.4) is 0 Å². The summed E-state index contributed by atoms with van der Waals surface area (Å²) in [6.45, 7) is 0.216. The SMILES string of the molecule is O=C1CSC(=S)N1C[C@H](O)CCl. The summed E-state index contributed by atoms with van der Waals surface area (Å²) in [5, 5.41) is 9.16. The number of aliphatic hydroxyl groups excluding tert-OH is 1. The van der Waals surface area contributed by atoms with Crippen molar-refractivity contribution in [1.29, 1.82) is 0 Å². The van der Waals surface area contributed by atoms with Gasteiger partial charge < -0.3 is 5.11 Å². The van der Waals surface area contributed by atoms with E-state index < -0.39 is 6.10 Å². The molecule has 0 radical (unpaired) electrons. The van der Waals surface area contributed by atoms with E-state index in [2.05, 4.69) is 0 Å². The van der Waals surface area contributed by atoms with E-state index in [0.717, 1.165) is 0 Å². The average Bonchev–Trinajstić information content (AvgIpc) is 2.35. The number of halogens is 1. The maximum atomic E-state index is 11.1. The predicted molar refractivity (Wildman–Crippen MR) is 53.5 cm³/mol. The van der Waals surface area contributed by atoms with E-state index in [0.29, 0.717) is 10.1 Å². The van der Waals surface area contributed by atoms with Crippen LogP contribution in [0.5, 0.6) is 0 Å². The summed E-state index contributed by atoms with van der Waals surface area (Å²) < 4.78 is 0.532. The van der Waals surface area contributed by atoms with Crippen molar-refractivity contribution in [1.82, 2.24) is 4.90 Å². The van der Waals surface area contributed by atoms with E-state index in [1.54, 1.807) is 0 Å². The highest BCUT2D eigenvalue weighted by Crippen LogP contribution is 2.19. The molecule has 6 heteroatoms. The second-order valence-electron chi connectivity index (χ2n) is 2.37. The molecule has 3 nitrogen and oxygen atoms in total. The minimum absolute atomic E-state index is 0.0471. The Labute approximate surface area is 85.1 Å². The van der Waals surface area contributed by atoms with Gasteiger partial charge in [-0.3, -0.25) is 9.69 Å². The van der Waals surface area contributed by atoms with Gasteiger partial charge in [0.2, 0.25) is 5.91 Å². The standard InChI is InChI=1S/C6H8ClNO2S2/c7-1-4(9)2-8-5(10)3-12-6(8)11/h4,9H,1-3H2/t4-/m1/s1. The lowest BCUT2D eigenvalue weighted by molar-refractivity contribution is -0.124. The van der Waals surface area contributed by atoms with Gasteiger partial charge in [0.1, 0.15) is 4.32 Å². The van der Waals surface area contributed by atoms with Crippen molar-refractivity contribution < 1.29 is 9.90 Å². The summed E-state index contributed by atoms with van der Waals surface area (Å²) in [7, 11) is 0. The van der Waals surface area contributed by atoms with Crippen LogP contribution in [0.1, 0.15) is 0 Å². The second-order valence-corrected chi connectivity index (χ2v) is 4.28. The van der Waals surface area contributed by atoms with E-state index >= 15 is 0 Å². The third-order valence-corrected chi connectivity index (χ3v) is 3.20. The van der Waals surface area contributed by atoms with E-state index in [1.165, 1.54) is 16.7 Å². The maximum Gasteiger partial charge on any atom is 0.238 e. The molecule has 12 heavy (non-hydrogen) atoms. The molecule has 0 spiro atoms. The highest BCUT2D eigenvalue weighted by Gasteiger charge is 2.27. The molecule has 1 aliphatic rings. The Bertz CT molecular complexity index is 196. The monoisotopic (exact) mass is 225 g/mol. The van der Waals surface area contributed by atoms with Crippen molar-refractivity contribution in [2.45, 2.75) is 6.10 Å². The summed E-state index contributed by atoms with van der Waals surface area (Å²) >= 11 is 11.6. The van der Waals surface area contributed by atoms with Crippen molar-refractivity contribution in [2.75, 3.05) is 18.2 Å². The van der Waals surface area contributed by atoms with Gasteiger partial charge in [-0.15, -0.1) is 11.6 Å². The molecule has 1 heterocycles. The number of carbonyl (C=O) groups is 1. The molecule has 0 aromatic rings. The van der Waals surface area contributed by atoms with Gasteiger partial charge in [-0.05, 0) is 0 Å². The number of hydrogen-bond donors (Lipinski definition) is 1. The molecule has 0 aliphatic carbocycles. The third-order valence-electron chi connectivity index (χ3n) is 1.41. The first-order valence-electron chi connectivity index (χ1n) is 3.36. The van der Waals surface area contributed by atoms with Gasteiger partial charge in [0, 0.05) is 0 Å². The quantitative estimate of drug-likeness (QED) is 0.559. The molecular weight excluding hydrogens is 218 g/mol.